The molecule has 10 aromatic heterocycles. The number of hydrogen-bond donors (Lipinski definition) is 0. The van der Waals surface area contributed by atoms with Crippen LogP contribution in [0.4, 0.5) is 0 Å². The molecule has 132 heavy (non-hydrogen) atoms. The van der Waals surface area contributed by atoms with Crippen molar-refractivity contribution in [1.82, 2.24) is 57.3 Å². The van der Waals surface area contributed by atoms with E-state index in [0.717, 1.165) is 203 Å². The number of nitrogens with zero attached hydrogens (tertiary/aromatic N) is 14. The van der Waals surface area contributed by atoms with Gasteiger partial charge < -0.3 is 27.1 Å². The van der Waals surface area contributed by atoms with E-state index in [2.05, 4.69) is 294 Å². The van der Waals surface area contributed by atoms with Crippen LogP contribution < -0.4 is 0 Å². The van der Waals surface area contributed by atoms with Gasteiger partial charge in [0.1, 0.15) is 28.9 Å². The van der Waals surface area contributed by atoms with Crippen LogP contribution in [0.5, 0.6) is 0 Å². The van der Waals surface area contributed by atoms with Gasteiger partial charge in [-0.05, 0) is 140 Å². The lowest BCUT2D eigenvalue weighted by Gasteiger charge is -2.13. The molecule has 10 heterocycles. The van der Waals surface area contributed by atoms with Crippen LogP contribution in [0.2, 0.25) is 0 Å². The highest BCUT2D eigenvalue weighted by molar-refractivity contribution is 6.28. The van der Waals surface area contributed by atoms with Gasteiger partial charge >= 0.3 is 0 Å². The smallest absolute Gasteiger partial charge is 0.238 e. The Bertz CT molecular complexity index is 9730. The second-order valence-corrected chi connectivity index (χ2v) is 33.4. The molecule has 0 spiro atoms. The van der Waals surface area contributed by atoms with Gasteiger partial charge in [-0.2, -0.15) is 30.5 Å². The van der Waals surface area contributed by atoms with Gasteiger partial charge in [-0.15, -0.1) is 0 Å². The molecule has 0 fully saturated rings. The van der Waals surface area contributed by atoms with Crippen molar-refractivity contribution in [2.24, 2.45) is 0 Å². The number of hydrogen-bond acceptors (Lipinski definition) is 10. The average Bonchev–Trinajstić information content (AvgIpc) is 1.55. The van der Waals surface area contributed by atoms with Gasteiger partial charge in [0, 0.05) is 127 Å². The molecule has 0 aliphatic carbocycles. The predicted molar refractivity (Wildman–Crippen MR) is 531 cm³/mol. The minimum Gasteiger partial charge on any atom is -0.455 e. The van der Waals surface area contributed by atoms with E-state index in [1.807, 2.05) is 146 Å². The van der Waals surface area contributed by atoms with E-state index in [0.29, 0.717) is 57.4 Å². The first-order valence-corrected chi connectivity index (χ1v) is 43.8. The summed E-state index contributed by atoms with van der Waals surface area (Å²) in [5.74, 6) is 3.01. The molecule has 0 saturated heterocycles. The molecule has 18 aromatic carbocycles. The maximum Gasteiger partial charge on any atom is 0.238 e. The number of aromatic nitrogens is 12. The summed E-state index contributed by atoms with van der Waals surface area (Å²) < 4.78 is 27.2. The van der Waals surface area contributed by atoms with Crippen molar-refractivity contribution in [2.75, 3.05) is 0 Å². The quantitative estimate of drug-likeness (QED) is 0.128. The largest absolute Gasteiger partial charge is 0.455 e. The van der Waals surface area contributed by atoms with E-state index in [-0.39, 0.29) is 0 Å². The molecule has 0 amide bonds. The van der Waals surface area contributed by atoms with E-state index < -0.39 is 0 Å². The fraction of sp³-hybridized carbons (Fsp3) is 0. The first kappa shape index (κ1) is 73.7. The SMILES string of the molecule is N#Cc1cc(-c2nc(-c3ccccc3)nc(-n3c4ccccc4c4ccccc43)n2)ccc1-n1c2ccccc2c2cc3c(cc21)oc1c3ccc2c1c1ccccc1n2-c1ccccc1.N#Cc1cc(-c2nc(-c3ccccc3)nc(-n3c4ccccc4c4ccccc43)n2)ccc1-n1c2ccccc2c2cc3c(cc21)oc1c3ccc2c3ccccc3n(-c3ccccc3)c21. The predicted octanol–water partition coefficient (Wildman–Crippen LogP) is 28.5. The van der Waals surface area contributed by atoms with Crippen LogP contribution in [0.3, 0.4) is 0 Å². The number of benzene rings is 18. The molecular weight excluding hydrogens is 1620 g/mol. The molecule has 16 heteroatoms. The van der Waals surface area contributed by atoms with E-state index in [1.165, 1.54) is 5.39 Å². The van der Waals surface area contributed by atoms with Crippen LogP contribution in [-0.4, -0.2) is 57.3 Å². The summed E-state index contributed by atoms with van der Waals surface area (Å²) in [6, 6.07) is 143. The number of furan rings is 2. The summed E-state index contributed by atoms with van der Waals surface area (Å²) >= 11 is 0. The van der Waals surface area contributed by atoms with Crippen LogP contribution >= 0.6 is 0 Å². The Labute approximate surface area is 750 Å². The van der Waals surface area contributed by atoms with Crippen LogP contribution in [0.15, 0.2) is 409 Å². The van der Waals surface area contributed by atoms with Crippen LogP contribution in [0, 0.1) is 22.7 Å². The van der Waals surface area contributed by atoms with Gasteiger partial charge in [-0.1, -0.05) is 249 Å². The van der Waals surface area contributed by atoms with Gasteiger partial charge in [0.2, 0.25) is 11.9 Å². The highest BCUT2D eigenvalue weighted by Crippen LogP contribution is 2.48. The molecule has 28 rings (SSSR count). The third kappa shape index (κ3) is 11.1. The third-order valence-electron chi connectivity index (χ3n) is 26.3. The zero-order chi connectivity index (χ0) is 86.9. The molecule has 0 unspecified atom stereocenters. The highest BCUT2D eigenvalue weighted by atomic mass is 16.3. The molecular formula is C116H66N14O2. The monoisotopic (exact) mass is 1690 g/mol. The molecule has 0 saturated carbocycles. The Hall–Kier alpha value is -18.6. The summed E-state index contributed by atoms with van der Waals surface area (Å²) in [5, 5.41) is 39.5. The van der Waals surface area contributed by atoms with Crippen molar-refractivity contribution in [1.29, 1.82) is 10.5 Å². The Kier molecular flexibility index (Phi) is 16.2. The molecule has 0 bridgehead atoms. The fourth-order valence-electron chi connectivity index (χ4n) is 20.5. The average molecular weight is 1690 g/mol. The number of rotatable bonds is 10. The number of para-hydroxylation sites is 10. The van der Waals surface area contributed by atoms with Crippen LogP contribution in [0.1, 0.15) is 11.1 Å². The Morgan fingerprint density at radius 1 is 0.205 bits per heavy atom. The molecule has 0 aliphatic rings. The van der Waals surface area contributed by atoms with E-state index >= 15 is 0 Å². The maximum absolute atomic E-state index is 11.0. The Morgan fingerprint density at radius 2 is 0.523 bits per heavy atom. The zero-order valence-electron chi connectivity index (χ0n) is 70.2. The summed E-state index contributed by atoms with van der Waals surface area (Å²) in [7, 11) is 0. The molecule has 0 atom stereocenters. The first-order valence-electron chi connectivity index (χ1n) is 43.8. The van der Waals surface area contributed by atoms with Crippen molar-refractivity contribution in [3.8, 4) is 92.3 Å². The van der Waals surface area contributed by atoms with Gasteiger partial charge in [0.05, 0.1) is 94.1 Å². The minimum atomic E-state index is 0.467. The fourth-order valence-corrected chi connectivity index (χ4v) is 20.5. The van der Waals surface area contributed by atoms with Gasteiger partial charge in [0.15, 0.2) is 28.9 Å². The lowest BCUT2D eigenvalue weighted by molar-refractivity contribution is 0.671. The second kappa shape index (κ2) is 29.0. The number of nitriles is 2. The lowest BCUT2D eigenvalue weighted by Crippen LogP contribution is -2.06. The van der Waals surface area contributed by atoms with E-state index in [4.69, 9.17) is 38.7 Å². The third-order valence-corrected chi connectivity index (χ3v) is 26.3. The minimum absolute atomic E-state index is 0.467. The van der Waals surface area contributed by atoms with Gasteiger partial charge in [-0.25, -0.2) is 9.97 Å². The van der Waals surface area contributed by atoms with Crippen molar-refractivity contribution in [3.63, 3.8) is 0 Å². The molecule has 0 radical (unpaired) electrons. The molecule has 16 nitrogen and oxygen atoms in total. The standard InChI is InChI=1S/2C58H33N7O/c59-34-37-31-36(57-60-56(35-15-3-1-4-16-35)61-58(62-57)65-50-25-13-7-19-39(50)40-20-8-14-26-51(40)65)27-30-47(37)64-49-24-12-10-22-42(49)45-32-46-44-29-28-43-41-21-9-11-23-48(41)63(38-17-5-2-6-18-38)54(43)55(44)66-53(46)33-52(45)64;59-34-37-31-36(57-60-56(35-15-3-1-4-16-35)61-58(62-57)65-48-24-12-7-19-39(48)40-20-8-13-25-49(40)65)27-29-46(37)64-47-23-11-9-21-41(47)44-32-45-42-28-30-51-54(55(42)66-53(45)33-52(44)64)43-22-10-14-26-50(43)63(51)38-17-5-2-6-18-38/h2*1-33H. The van der Waals surface area contributed by atoms with Crippen molar-refractivity contribution >= 4 is 175 Å². The van der Waals surface area contributed by atoms with Crippen LogP contribution in [0.25, 0.3) is 255 Å². The first-order chi connectivity index (χ1) is 65.4. The van der Waals surface area contributed by atoms with Crippen molar-refractivity contribution in [3.05, 3.63) is 412 Å². The zero-order valence-corrected chi connectivity index (χ0v) is 70.2. The second-order valence-electron chi connectivity index (χ2n) is 33.4. The maximum atomic E-state index is 11.0. The Balaban J connectivity index is 0.000000135. The molecule has 28 aromatic rings. The molecule has 0 N–H and O–H groups in total. The topological polar surface area (TPSA) is 181 Å². The summed E-state index contributed by atoms with van der Waals surface area (Å²) in [6.07, 6.45) is 0. The summed E-state index contributed by atoms with van der Waals surface area (Å²) in [6.45, 7) is 0. The lowest BCUT2D eigenvalue weighted by atomic mass is 10.1. The normalized spacial score (nSPS) is 11.9. The Morgan fingerprint density at radius 3 is 0.947 bits per heavy atom. The van der Waals surface area contributed by atoms with Crippen molar-refractivity contribution < 1.29 is 8.83 Å². The summed E-state index contributed by atoms with van der Waals surface area (Å²) in [4.78, 5) is 30.6. The molecule has 0 aliphatic heterocycles. The number of fused-ring (bicyclic) bond motifs is 26. The summed E-state index contributed by atoms with van der Waals surface area (Å²) in [5.41, 5.74) is 23.2. The van der Waals surface area contributed by atoms with Gasteiger partial charge in [-0.3, -0.25) is 9.13 Å². The van der Waals surface area contributed by atoms with Crippen LogP contribution in [-0.2, 0) is 0 Å². The van der Waals surface area contributed by atoms with E-state index in [9.17, 15) is 10.5 Å². The highest BCUT2D eigenvalue weighted by Gasteiger charge is 2.28. The van der Waals surface area contributed by atoms with Crippen molar-refractivity contribution in [2.45, 2.75) is 0 Å². The molecule has 612 valence electrons. The van der Waals surface area contributed by atoms with E-state index in [1.54, 1.807) is 0 Å². The van der Waals surface area contributed by atoms with Gasteiger partial charge in [0.25, 0.3) is 0 Å².